The van der Waals surface area contributed by atoms with Crippen LogP contribution in [0.4, 0.5) is 0 Å². The number of likely N-dealkylation sites (N-methyl/N-ethyl adjacent to an activating group) is 1. The lowest BCUT2D eigenvalue weighted by molar-refractivity contribution is 0.0708. The van der Waals surface area contributed by atoms with Crippen LogP contribution in [0.2, 0.25) is 5.02 Å². The number of halogens is 2. The van der Waals surface area contributed by atoms with Gasteiger partial charge in [0.2, 0.25) is 5.76 Å². The Balaban J connectivity index is 1.90. The van der Waals surface area contributed by atoms with E-state index in [9.17, 15) is 9.59 Å². The molecule has 1 unspecified atom stereocenters. The Morgan fingerprint density at radius 1 is 1.16 bits per heavy atom. The van der Waals surface area contributed by atoms with Gasteiger partial charge < -0.3 is 14.2 Å². The summed E-state index contributed by atoms with van der Waals surface area (Å²) in [6, 6.07) is 10.6. The van der Waals surface area contributed by atoms with Crippen molar-refractivity contribution in [1.82, 2.24) is 9.80 Å². The third-order valence-corrected chi connectivity index (χ3v) is 6.86. The molecule has 1 amide bonds. The van der Waals surface area contributed by atoms with Crippen LogP contribution in [0, 0.1) is 6.92 Å². The van der Waals surface area contributed by atoms with E-state index >= 15 is 0 Å². The number of nitrogens with zero attached hydrogens (tertiary/aromatic N) is 2. The predicted octanol–water partition coefficient (Wildman–Crippen LogP) is 5.40. The van der Waals surface area contributed by atoms with Crippen LogP contribution in [0.5, 0.6) is 0 Å². The summed E-state index contributed by atoms with van der Waals surface area (Å²) in [5.74, 6) is -0.123. The fourth-order valence-corrected chi connectivity index (χ4v) is 4.76. The molecule has 0 N–H and O–H groups in total. The van der Waals surface area contributed by atoms with Gasteiger partial charge in [0.1, 0.15) is 5.58 Å². The van der Waals surface area contributed by atoms with Gasteiger partial charge in [0.25, 0.3) is 5.91 Å². The van der Waals surface area contributed by atoms with E-state index in [1.807, 2.05) is 31.2 Å². The average molecular weight is 504 g/mol. The number of aryl methyl sites for hydroxylation is 1. The van der Waals surface area contributed by atoms with Crippen molar-refractivity contribution in [3.63, 3.8) is 0 Å². The SMILES string of the molecule is CCN(CC)CCN1C(=O)c2oc3cc(C)c(Cl)cc3c(=O)c2C1c1cccc(Br)c1. The van der Waals surface area contributed by atoms with Crippen LogP contribution >= 0.6 is 27.5 Å². The van der Waals surface area contributed by atoms with Crippen molar-refractivity contribution >= 4 is 44.4 Å². The Bertz CT molecular complexity index is 1220. The molecule has 0 fully saturated rings. The summed E-state index contributed by atoms with van der Waals surface area (Å²) in [5, 5.41) is 0.897. The highest BCUT2D eigenvalue weighted by Crippen LogP contribution is 2.39. The first-order valence-corrected chi connectivity index (χ1v) is 11.6. The summed E-state index contributed by atoms with van der Waals surface area (Å²) < 4.78 is 6.92. The van der Waals surface area contributed by atoms with Gasteiger partial charge in [0, 0.05) is 22.6 Å². The Labute approximate surface area is 194 Å². The molecule has 5 nitrogen and oxygen atoms in total. The van der Waals surface area contributed by atoms with E-state index in [1.54, 1.807) is 17.0 Å². The second kappa shape index (κ2) is 8.77. The molecule has 2 heterocycles. The van der Waals surface area contributed by atoms with Gasteiger partial charge in [0.15, 0.2) is 5.43 Å². The Morgan fingerprint density at radius 2 is 1.90 bits per heavy atom. The number of benzene rings is 2. The van der Waals surface area contributed by atoms with Gasteiger partial charge in [0.05, 0.1) is 17.0 Å². The number of amides is 1. The highest BCUT2D eigenvalue weighted by molar-refractivity contribution is 9.10. The van der Waals surface area contributed by atoms with Crippen molar-refractivity contribution in [2.24, 2.45) is 0 Å². The van der Waals surface area contributed by atoms with E-state index in [2.05, 4.69) is 34.7 Å². The maximum absolute atomic E-state index is 13.6. The number of hydrogen-bond acceptors (Lipinski definition) is 4. The molecule has 1 aliphatic heterocycles. The number of fused-ring (bicyclic) bond motifs is 2. The van der Waals surface area contributed by atoms with Crippen LogP contribution in [0.25, 0.3) is 11.0 Å². The van der Waals surface area contributed by atoms with Crippen LogP contribution < -0.4 is 5.43 Å². The van der Waals surface area contributed by atoms with Gasteiger partial charge in [-0.1, -0.05) is 53.5 Å². The maximum atomic E-state index is 13.6. The quantitative estimate of drug-likeness (QED) is 0.452. The summed E-state index contributed by atoms with van der Waals surface area (Å²) in [7, 11) is 0. The molecule has 0 bridgehead atoms. The highest BCUT2D eigenvalue weighted by Gasteiger charge is 2.42. The van der Waals surface area contributed by atoms with Gasteiger partial charge in [-0.25, -0.2) is 0 Å². The monoisotopic (exact) mass is 502 g/mol. The van der Waals surface area contributed by atoms with Crippen molar-refractivity contribution in [1.29, 1.82) is 0 Å². The van der Waals surface area contributed by atoms with E-state index in [4.69, 9.17) is 16.0 Å². The van der Waals surface area contributed by atoms with E-state index < -0.39 is 6.04 Å². The zero-order chi connectivity index (χ0) is 22.3. The van der Waals surface area contributed by atoms with E-state index in [0.717, 1.165) is 35.2 Å². The lowest BCUT2D eigenvalue weighted by Crippen LogP contribution is -2.37. The zero-order valence-corrected chi connectivity index (χ0v) is 20.1. The van der Waals surface area contributed by atoms with Crippen molar-refractivity contribution in [3.05, 3.63) is 78.6 Å². The second-order valence-electron chi connectivity index (χ2n) is 7.75. The van der Waals surface area contributed by atoms with Gasteiger partial charge in [-0.15, -0.1) is 0 Å². The summed E-state index contributed by atoms with van der Waals surface area (Å²) in [6.45, 7) is 9.04. The summed E-state index contributed by atoms with van der Waals surface area (Å²) in [6.07, 6.45) is 0. The van der Waals surface area contributed by atoms with Crippen LogP contribution in [-0.2, 0) is 0 Å². The summed E-state index contributed by atoms with van der Waals surface area (Å²) in [4.78, 5) is 31.0. The minimum atomic E-state index is -0.503. The van der Waals surface area contributed by atoms with Crippen molar-refractivity contribution < 1.29 is 9.21 Å². The van der Waals surface area contributed by atoms with Crippen LogP contribution in [0.15, 0.2) is 50.1 Å². The summed E-state index contributed by atoms with van der Waals surface area (Å²) in [5.41, 5.74) is 2.23. The van der Waals surface area contributed by atoms with Gasteiger partial charge in [-0.05, 0) is 55.4 Å². The molecular formula is C24H24BrClN2O3. The number of carbonyl (C=O) groups excluding carboxylic acids is 1. The average Bonchev–Trinajstić information content (AvgIpc) is 3.03. The van der Waals surface area contributed by atoms with Crippen molar-refractivity contribution in [3.8, 4) is 0 Å². The molecule has 0 radical (unpaired) electrons. The molecule has 0 spiro atoms. The highest BCUT2D eigenvalue weighted by atomic mass is 79.9. The molecule has 1 aromatic heterocycles. The minimum Gasteiger partial charge on any atom is -0.450 e. The first-order valence-electron chi connectivity index (χ1n) is 10.4. The third kappa shape index (κ3) is 3.93. The van der Waals surface area contributed by atoms with Gasteiger partial charge >= 0.3 is 0 Å². The smallest absolute Gasteiger partial charge is 0.290 e. The third-order valence-electron chi connectivity index (χ3n) is 5.96. The predicted molar refractivity (Wildman–Crippen MR) is 127 cm³/mol. The Hall–Kier alpha value is -2.15. The lowest BCUT2D eigenvalue weighted by atomic mass is 9.98. The molecule has 31 heavy (non-hydrogen) atoms. The standard InChI is InChI=1S/C24H24BrClN2O3/c1-4-27(5-2)9-10-28-21(15-7-6-8-16(25)12-15)20-22(29)17-13-18(26)14(3)11-19(17)31-23(20)24(28)30/h6-8,11-13,21H,4-5,9-10H2,1-3H3. The van der Waals surface area contributed by atoms with Crippen molar-refractivity contribution in [2.75, 3.05) is 26.2 Å². The molecule has 162 valence electrons. The topological polar surface area (TPSA) is 53.8 Å². The van der Waals surface area contributed by atoms with Crippen molar-refractivity contribution in [2.45, 2.75) is 26.8 Å². The molecular weight excluding hydrogens is 480 g/mol. The molecule has 2 aromatic carbocycles. The molecule has 7 heteroatoms. The van der Waals surface area contributed by atoms with Gasteiger partial charge in [-0.3, -0.25) is 9.59 Å². The molecule has 0 saturated carbocycles. The first-order chi connectivity index (χ1) is 14.8. The maximum Gasteiger partial charge on any atom is 0.290 e. The first kappa shape index (κ1) is 22.1. The number of hydrogen-bond donors (Lipinski definition) is 0. The van der Waals surface area contributed by atoms with Gasteiger partial charge in [-0.2, -0.15) is 0 Å². The molecule has 3 aromatic rings. The van der Waals surface area contributed by atoms with Crippen LogP contribution in [0.1, 0.15) is 47.1 Å². The van der Waals surface area contributed by atoms with Crippen LogP contribution in [-0.4, -0.2) is 41.9 Å². The van der Waals surface area contributed by atoms with Crippen LogP contribution in [0.3, 0.4) is 0 Å². The minimum absolute atomic E-state index is 0.128. The Kier molecular flexibility index (Phi) is 6.24. The largest absolute Gasteiger partial charge is 0.450 e. The molecule has 0 saturated heterocycles. The second-order valence-corrected chi connectivity index (χ2v) is 9.08. The molecule has 0 aliphatic carbocycles. The molecule has 1 atom stereocenters. The zero-order valence-electron chi connectivity index (χ0n) is 17.7. The lowest BCUT2D eigenvalue weighted by Gasteiger charge is -2.28. The molecule has 4 rings (SSSR count). The van der Waals surface area contributed by atoms with E-state index in [0.29, 0.717) is 28.1 Å². The normalized spacial score (nSPS) is 15.9. The van der Waals surface area contributed by atoms with E-state index in [1.165, 1.54) is 0 Å². The Morgan fingerprint density at radius 3 is 2.58 bits per heavy atom. The molecule has 1 aliphatic rings. The fourth-order valence-electron chi connectivity index (χ4n) is 4.18. The number of carbonyl (C=O) groups is 1. The fraction of sp³-hybridized carbons (Fsp3) is 0.333. The number of rotatable bonds is 6. The van der Waals surface area contributed by atoms with E-state index in [-0.39, 0.29) is 17.1 Å². The summed E-state index contributed by atoms with van der Waals surface area (Å²) >= 11 is 9.80.